The Balaban J connectivity index is 1.72. The molecule has 0 unspecified atom stereocenters. The number of carboxylic acids is 1. The molecule has 0 spiro atoms. The number of carboxylic acid groups (broad SMARTS) is 1. The van der Waals surface area contributed by atoms with Gasteiger partial charge < -0.3 is 10.4 Å². The number of rotatable bonds is 9. The number of halogens is 2. The van der Waals surface area contributed by atoms with Crippen molar-refractivity contribution in [1.29, 1.82) is 0 Å². The van der Waals surface area contributed by atoms with Gasteiger partial charge >= 0.3 is 5.97 Å². The van der Waals surface area contributed by atoms with Crippen LogP contribution in [0.15, 0.2) is 109 Å². The van der Waals surface area contributed by atoms with Crippen LogP contribution in [0, 0.1) is 0 Å². The van der Waals surface area contributed by atoms with Gasteiger partial charge in [-0.1, -0.05) is 120 Å². The van der Waals surface area contributed by atoms with Gasteiger partial charge in [0.1, 0.15) is 6.04 Å². The molecule has 0 aliphatic carbocycles. The first kappa shape index (κ1) is 25.5. The maximum atomic E-state index is 13.6. The van der Waals surface area contributed by atoms with E-state index in [4.69, 9.17) is 23.2 Å². The largest absolute Gasteiger partial charge is 0.480 e. The number of aliphatic carboxylic acids is 1. The first-order chi connectivity index (χ1) is 17.4. The van der Waals surface area contributed by atoms with Crippen molar-refractivity contribution in [3.05, 3.63) is 141 Å². The van der Waals surface area contributed by atoms with Gasteiger partial charge in [-0.05, 0) is 34.4 Å². The molecule has 0 bridgehead atoms. The molecule has 0 heterocycles. The second-order valence-corrected chi connectivity index (χ2v) is 9.42. The van der Waals surface area contributed by atoms with E-state index >= 15 is 0 Å². The standard InChI is InChI=1S/C30H25Cl2NO3/c31-25-17-16-21(26(32)19-25)18-27(29(35)36)33-28(34)20-30(22-10-4-1-5-11-22,23-12-6-2-7-13-23)24-14-8-3-9-15-24/h1-17,19,27H,18,20H2,(H,33,34)(H,35,36)/t27-/m0/s1. The number of carbonyl (C=O) groups is 2. The van der Waals surface area contributed by atoms with E-state index in [-0.39, 0.29) is 18.7 Å². The van der Waals surface area contributed by atoms with Crippen molar-refractivity contribution in [1.82, 2.24) is 5.32 Å². The van der Waals surface area contributed by atoms with Crippen molar-refractivity contribution in [2.45, 2.75) is 24.3 Å². The minimum Gasteiger partial charge on any atom is -0.480 e. The van der Waals surface area contributed by atoms with Crippen molar-refractivity contribution >= 4 is 35.1 Å². The van der Waals surface area contributed by atoms with Crippen LogP contribution in [-0.2, 0) is 21.4 Å². The molecule has 4 nitrogen and oxygen atoms in total. The van der Waals surface area contributed by atoms with E-state index in [1.54, 1.807) is 18.2 Å². The van der Waals surface area contributed by atoms with E-state index in [0.717, 1.165) is 16.7 Å². The van der Waals surface area contributed by atoms with Crippen molar-refractivity contribution < 1.29 is 14.7 Å². The topological polar surface area (TPSA) is 66.4 Å². The Labute approximate surface area is 220 Å². The zero-order valence-corrected chi connectivity index (χ0v) is 20.9. The molecule has 0 aliphatic heterocycles. The average Bonchev–Trinajstić information content (AvgIpc) is 2.90. The highest BCUT2D eigenvalue weighted by molar-refractivity contribution is 6.35. The Kier molecular flexibility index (Phi) is 8.09. The van der Waals surface area contributed by atoms with Crippen LogP contribution in [0.4, 0.5) is 0 Å². The zero-order valence-electron chi connectivity index (χ0n) is 19.4. The van der Waals surface area contributed by atoms with Crippen LogP contribution in [0.2, 0.25) is 10.0 Å². The lowest BCUT2D eigenvalue weighted by Crippen LogP contribution is -2.45. The van der Waals surface area contributed by atoms with Gasteiger partial charge in [0.05, 0.1) is 5.41 Å². The molecule has 0 saturated carbocycles. The van der Waals surface area contributed by atoms with Crippen LogP contribution < -0.4 is 5.32 Å². The molecule has 0 aliphatic rings. The Morgan fingerprint density at radius 1 is 0.750 bits per heavy atom. The quantitative estimate of drug-likeness (QED) is 0.248. The van der Waals surface area contributed by atoms with Crippen LogP contribution >= 0.6 is 23.2 Å². The molecule has 4 rings (SSSR count). The molecular formula is C30H25Cl2NO3. The summed E-state index contributed by atoms with van der Waals surface area (Å²) in [4.78, 5) is 25.7. The highest BCUT2D eigenvalue weighted by Crippen LogP contribution is 2.42. The molecule has 0 saturated heterocycles. The van der Waals surface area contributed by atoms with Crippen LogP contribution in [0.5, 0.6) is 0 Å². The number of hydrogen-bond acceptors (Lipinski definition) is 2. The summed E-state index contributed by atoms with van der Waals surface area (Å²) in [5, 5.41) is 13.4. The Hall–Kier alpha value is -3.60. The fourth-order valence-electron chi connectivity index (χ4n) is 4.57. The SMILES string of the molecule is O=C(CC(c1ccccc1)(c1ccccc1)c1ccccc1)N[C@@H](Cc1ccc(Cl)cc1Cl)C(=O)O. The summed E-state index contributed by atoms with van der Waals surface area (Å²) in [7, 11) is 0. The maximum absolute atomic E-state index is 13.6. The van der Waals surface area contributed by atoms with Crippen LogP contribution in [0.25, 0.3) is 0 Å². The van der Waals surface area contributed by atoms with Gasteiger partial charge in [0, 0.05) is 22.9 Å². The summed E-state index contributed by atoms with van der Waals surface area (Å²) >= 11 is 12.2. The Morgan fingerprint density at radius 3 is 1.64 bits per heavy atom. The molecule has 4 aromatic rings. The van der Waals surface area contributed by atoms with Gasteiger partial charge in [-0.25, -0.2) is 4.79 Å². The first-order valence-electron chi connectivity index (χ1n) is 11.5. The summed E-state index contributed by atoms with van der Waals surface area (Å²) < 4.78 is 0. The molecule has 2 N–H and O–H groups in total. The molecule has 4 aromatic carbocycles. The highest BCUT2D eigenvalue weighted by Gasteiger charge is 2.39. The molecule has 6 heteroatoms. The van der Waals surface area contributed by atoms with Crippen LogP contribution in [-0.4, -0.2) is 23.0 Å². The predicted octanol–water partition coefficient (Wildman–Crippen LogP) is 6.53. The molecule has 1 atom stereocenters. The normalized spacial score (nSPS) is 12.1. The predicted molar refractivity (Wildman–Crippen MR) is 144 cm³/mol. The van der Waals surface area contributed by atoms with E-state index in [1.165, 1.54) is 0 Å². The van der Waals surface area contributed by atoms with Crippen molar-refractivity contribution in [3.8, 4) is 0 Å². The maximum Gasteiger partial charge on any atom is 0.326 e. The lowest BCUT2D eigenvalue weighted by molar-refractivity contribution is -0.141. The lowest BCUT2D eigenvalue weighted by Gasteiger charge is -2.36. The van der Waals surface area contributed by atoms with Crippen molar-refractivity contribution in [2.75, 3.05) is 0 Å². The first-order valence-corrected chi connectivity index (χ1v) is 12.3. The molecule has 36 heavy (non-hydrogen) atoms. The summed E-state index contributed by atoms with van der Waals surface area (Å²) in [5.41, 5.74) is 2.57. The summed E-state index contributed by atoms with van der Waals surface area (Å²) in [6, 6.07) is 33.1. The number of nitrogens with one attached hydrogen (secondary N) is 1. The van der Waals surface area contributed by atoms with Crippen molar-refractivity contribution in [3.63, 3.8) is 0 Å². The summed E-state index contributed by atoms with van der Waals surface area (Å²) in [5.74, 6) is -1.52. The van der Waals surface area contributed by atoms with E-state index in [0.29, 0.717) is 15.6 Å². The van der Waals surface area contributed by atoms with Gasteiger partial charge in [-0.3, -0.25) is 4.79 Å². The van der Waals surface area contributed by atoms with Crippen LogP contribution in [0.1, 0.15) is 28.7 Å². The smallest absolute Gasteiger partial charge is 0.326 e. The molecule has 182 valence electrons. The van der Waals surface area contributed by atoms with E-state index in [1.807, 2.05) is 91.0 Å². The van der Waals surface area contributed by atoms with Gasteiger partial charge in [0.15, 0.2) is 0 Å². The lowest BCUT2D eigenvalue weighted by atomic mass is 9.67. The second kappa shape index (κ2) is 11.4. The number of carbonyl (C=O) groups excluding carboxylic acids is 1. The molecule has 0 aromatic heterocycles. The number of amides is 1. The van der Waals surface area contributed by atoms with E-state index in [2.05, 4.69) is 5.32 Å². The van der Waals surface area contributed by atoms with Gasteiger partial charge in [-0.15, -0.1) is 0 Å². The monoisotopic (exact) mass is 517 g/mol. The van der Waals surface area contributed by atoms with Gasteiger partial charge in [0.25, 0.3) is 0 Å². The average molecular weight is 518 g/mol. The minimum absolute atomic E-state index is 0.0170. The molecule has 1 amide bonds. The summed E-state index contributed by atoms with van der Waals surface area (Å²) in [6.07, 6.45) is 0.0508. The van der Waals surface area contributed by atoms with Gasteiger partial charge in [0.2, 0.25) is 5.91 Å². The molecular weight excluding hydrogens is 493 g/mol. The number of benzene rings is 4. The molecule has 0 fully saturated rings. The summed E-state index contributed by atoms with van der Waals surface area (Å²) in [6.45, 7) is 0. The van der Waals surface area contributed by atoms with Gasteiger partial charge in [-0.2, -0.15) is 0 Å². The number of hydrogen-bond donors (Lipinski definition) is 2. The highest BCUT2D eigenvalue weighted by atomic mass is 35.5. The fourth-order valence-corrected chi connectivity index (χ4v) is 5.05. The third-order valence-electron chi connectivity index (χ3n) is 6.30. The second-order valence-electron chi connectivity index (χ2n) is 8.58. The zero-order chi connectivity index (χ0) is 25.5. The fraction of sp³-hybridized carbons (Fsp3) is 0.133. The minimum atomic E-state index is -1.16. The van der Waals surface area contributed by atoms with E-state index < -0.39 is 17.4 Å². The van der Waals surface area contributed by atoms with Crippen molar-refractivity contribution in [2.24, 2.45) is 0 Å². The third-order valence-corrected chi connectivity index (χ3v) is 6.88. The van der Waals surface area contributed by atoms with Crippen LogP contribution in [0.3, 0.4) is 0 Å². The third kappa shape index (κ3) is 5.62. The molecule has 0 radical (unpaired) electrons. The Morgan fingerprint density at radius 2 is 1.22 bits per heavy atom. The van der Waals surface area contributed by atoms with E-state index in [9.17, 15) is 14.7 Å². The Bertz CT molecular complexity index is 1230.